The average Bonchev–Trinajstić information content (AvgIpc) is 3.18. The van der Waals surface area contributed by atoms with E-state index in [0.717, 1.165) is 29.1 Å². The highest BCUT2D eigenvalue weighted by molar-refractivity contribution is 7.13. The fourth-order valence-corrected chi connectivity index (χ4v) is 3.15. The highest BCUT2D eigenvalue weighted by Gasteiger charge is 2.22. The number of hydrogen-bond acceptors (Lipinski definition) is 3. The number of hydrogen-bond donors (Lipinski definition) is 2. The lowest BCUT2D eigenvalue weighted by atomic mass is 10.1. The predicted octanol–water partition coefficient (Wildman–Crippen LogP) is 4.62. The molecule has 124 valence electrons. The van der Waals surface area contributed by atoms with Gasteiger partial charge in [-0.1, -0.05) is 25.5 Å². The minimum Gasteiger partial charge on any atom is -0.318 e. The molecule has 0 aliphatic heterocycles. The zero-order chi connectivity index (χ0) is 17.1. The van der Waals surface area contributed by atoms with Crippen LogP contribution in [-0.2, 0) is 6.42 Å². The molecule has 24 heavy (non-hydrogen) atoms. The Morgan fingerprint density at radius 2 is 2.00 bits per heavy atom. The van der Waals surface area contributed by atoms with Crippen molar-refractivity contribution in [1.82, 2.24) is 10.2 Å². The molecule has 0 aliphatic rings. The fraction of sp³-hybridized carbons (Fsp3) is 0.176. The van der Waals surface area contributed by atoms with Crippen LogP contribution in [0.25, 0.3) is 10.6 Å². The van der Waals surface area contributed by atoms with Crippen LogP contribution in [0.3, 0.4) is 0 Å². The summed E-state index contributed by atoms with van der Waals surface area (Å²) in [5, 5.41) is 11.7. The van der Waals surface area contributed by atoms with Crippen molar-refractivity contribution in [2.45, 2.75) is 19.8 Å². The van der Waals surface area contributed by atoms with Gasteiger partial charge in [0.05, 0.1) is 16.3 Å². The second kappa shape index (κ2) is 6.92. The molecule has 0 saturated carbocycles. The summed E-state index contributed by atoms with van der Waals surface area (Å²) in [4.78, 5) is 13.3. The van der Waals surface area contributed by atoms with Gasteiger partial charge >= 0.3 is 0 Å². The molecular formula is C17H15F2N3OS. The molecule has 0 atom stereocenters. The van der Waals surface area contributed by atoms with E-state index in [2.05, 4.69) is 15.5 Å². The van der Waals surface area contributed by atoms with Crippen molar-refractivity contribution in [3.8, 4) is 10.6 Å². The summed E-state index contributed by atoms with van der Waals surface area (Å²) in [5.41, 5.74) is 1.16. The van der Waals surface area contributed by atoms with Gasteiger partial charge in [-0.25, -0.2) is 8.78 Å². The van der Waals surface area contributed by atoms with E-state index in [4.69, 9.17) is 0 Å². The zero-order valence-corrected chi connectivity index (χ0v) is 13.7. The largest absolute Gasteiger partial charge is 0.318 e. The molecule has 2 aromatic heterocycles. The number of aromatic amines is 1. The Labute approximate surface area is 141 Å². The number of nitrogens with one attached hydrogen (secondary N) is 2. The van der Waals surface area contributed by atoms with Gasteiger partial charge < -0.3 is 5.32 Å². The number of anilines is 1. The molecule has 0 radical (unpaired) electrons. The normalized spacial score (nSPS) is 10.8. The van der Waals surface area contributed by atoms with E-state index < -0.39 is 23.1 Å². The van der Waals surface area contributed by atoms with Crippen LogP contribution in [-0.4, -0.2) is 16.1 Å². The first kappa shape index (κ1) is 16.3. The summed E-state index contributed by atoms with van der Waals surface area (Å²) in [6, 6.07) is 7.08. The van der Waals surface area contributed by atoms with Crippen molar-refractivity contribution in [2.24, 2.45) is 0 Å². The third-order valence-electron chi connectivity index (χ3n) is 3.52. The van der Waals surface area contributed by atoms with E-state index in [0.29, 0.717) is 17.8 Å². The Morgan fingerprint density at radius 3 is 2.62 bits per heavy atom. The van der Waals surface area contributed by atoms with E-state index >= 15 is 0 Å². The van der Waals surface area contributed by atoms with Crippen LogP contribution < -0.4 is 5.32 Å². The average molecular weight is 347 g/mol. The molecule has 1 amide bonds. The van der Waals surface area contributed by atoms with Crippen LogP contribution in [0, 0.1) is 11.6 Å². The number of benzene rings is 1. The maximum Gasteiger partial charge on any atom is 0.261 e. The number of aromatic nitrogens is 2. The van der Waals surface area contributed by atoms with Crippen LogP contribution in [0.15, 0.2) is 35.7 Å². The maximum absolute atomic E-state index is 13.8. The molecule has 0 bridgehead atoms. The number of carbonyl (C=O) groups excluding carboxylic acids is 1. The Hall–Kier alpha value is -2.54. The lowest BCUT2D eigenvalue weighted by Gasteiger charge is -2.09. The van der Waals surface area contributed by atoms with Crippen molar-refractivity contribution < 1.29 is 13.6 Å². The Morgan fingerprint density at radius 1 is 1.25 bits per heavy atom. The van der Waals surface area contributed by atoms with Crippen molar-refractivity contribution in [2.75, 3.05) is 5.32 Å². The Balaban J connectivity index is 1.99. The van der Waals surface area contributed by atoms with Gasteiger partial charge in [-0.15, -0.1) is 11.3 Å². The molecule has 2 heterocycles. The molecule has 0 saturated heterocycles. The zero-order valence-electron chi connectivity index (χ0n) is 12.9. The number of rotatable bonds is 5. The molecule has 4 nitrogen and oxygen atoms in total. The molecule has 1 aromatic carbocycles. The number of H-pyrrole nitrogens is 1. The standard InChI is InChI=1S/C17H15F2N3OS/c1-2-5-12-15(16(22-21-12)13-8-4-9-24-13)20-17(23)14-10(18)6-3-7-11(14)19/h3-4,6-9H,2,5H2,1H3,(H,20,23)(H,21,22). The molecule has 0 aliphatic carbocycles. The number of aryl methyl sites for hydroxylation is 1. The van der Waals surface area contributed by atoms with Crippen LogP contribution in [0.2, 0.25) is 0 Å². The van der Waals surface area contributed by atoms with Crippen molar-refractivity contribution >= 4 is 22.9 Å². The summed E-state index contributed by atoms with van der Waals surface area (Å²) in [6.07, 6.45) is 1.50. The van der Waals surface area contributed by atoms with E-state index in [1.807, 2.05) is 24.4 Å². The minimum atomic E-state index is -0.897. The third kappa shape index (κ3) is 3.07. The molecule has 7 heteroatoms. The first-order chi connectivity index (χ1) is 11.6. The lowest BCUT2D eigenvalue weighted by Crippen LogP contribution is -2.17. The van der Waals surface area contributed by atoms with Crippen LogP contribution in [0.5, 0.6) is 0 Å². The van der Waals surface area contributed by atoms with E-state index in [1.165, 1.54) is 17.4 Å². The van der Waals surface area contributed by atoms with E-state index in [1.54, 1.807) is 0 Å². The molecular weight excluding hydrogens is 332 g/mol. The smallest absolute Gasteiger partial charge is 0.261 e. The van der Waals surface area contributed by atoms with Gasteiger partial charge in [-0.3, -0.25) is 9.89 Å². The number of thiophene rings is 1. The van der Waals surface area contributed by atoms with Crippen LogP contribution in [0.1, 0.15) is 29.4 Å². The Kier molecular flexibility index (Phi) is 4.71. The quantitative estimate of drug-likeness (QED) is 0.707. The molecule has 2 N–H and O–H groups in total. The first-order valence-corrected chi connectivity index (χ1v) is 8.36. The highest BCUT2D eigenvalue weighted by Crippen LogP contribution is 2.33. The van der Waals surface area contributed by atoms with Crippen molar-refractivity contribution in [1.29, 1.82) is 0 Å². The minimum absolute atomic E-state index is 0.465. The van der Waals surface area contributed by atoms with E-state index in [-0.39, 0.29) is 0 Å². The molecule has 0 spiro atoms. The number of amides is 1. The van der Waals surface area contributed by atoms with Gasteiger partial charge in [0.25, 0.3) is 5.91 Å². The lowest BCUT2D eigenvalue weighted by molar-refractivity contribution is 0.101. The van der Waals surface area contributed by atoms with Gasteiger partial charge in [0.2, 0.25) is 0 Å². The Bertz CT molecular complexity index is 839. The summed E-state index contributed by atoms with van der Waals surface area (Å²) >= 11 is 1.47. The highest BCUT2D eigenvalue weighted by atomic mass is 32.1. The third-order valence-corrected chi connectivity index (χ3v) is 4.40. The molecule has 0 unspecified atom stereocenters. The molecule has 0 fully saturated rings. The van der Waals surface area contributed by atoms with Crippen LogP contribution in [0.4, 0.5) is 14.5 Å². The predicted molar refractivity (Wildman–Crippen MR) is 90.2 cm³/mol. The monoisotopic (exact) mass is 347 g/mol. The second-order valence-corrected chi connectivity index (χ2v) is 6.15. The second-order valence-electron chi connectivity index (χ2n) is 5.20. The number of nitrogens with zero attached hydrogens (tertiary/aromatic N) is 1. The van der Waals surface area contributed by atoms with Crippen molar-refractivity contribution in [3.63, 3.8) is 0 Å². The molecule has 3 aromatic rings. The number of carbonyl (C=O) groups is 1. The van der Waals surface area contributed by atoms with Gasteiger partial charge in [-0.2, -0.15) is 5.10 Å². The van der Waals surface area contributed by atoms with Gasteiger partial charge in [0.1, 0.15) is 22.9 Å². The summed E-state index contributed by atoms with van der Waals surface area (Å²) in [6.45, 7) is 1.99. The van der Waals surface area contributed by atoms with Crippen LogP contribution >= 0.6 is 11.3 Å². The van der Waals surface area contributed by atoms with Gasteiger partial charge in [-0.05, 0) is 30.0 Å². The fourth-order valence-electron chi connectivity index (χ4n) is 2.43. The summed E-state index contributed by atoms with van der Waals surface area (Å²) in [7, 11) is 0. The SMILES string of the molecule is CCCc1[nH]nc(-c2cccs2)c1NC(=O)c1c(F)cccc1F. The summed E-state index contributed by atoms with van der Waals surface area (Å²) < 4.78 is 27.7. The van der Waals surface area contributed by atoms with E-state index in [9.17, 15) is 13.6 Å². The first-order valence-electron chi connectivity index (χ1n) is 7.48. The van der Waals surface area contributed by atoms with Gasteiger partial charge in [0.15, 0.2) is 0 Å². The molecule has 3 rings (SSSR count). The van der Waals surface area contributed by atoms with Crippen molar-refractivity contribution in [3.05, 3.63) is 58.6 Å². The number of halogens is 2. The topological polar surface area (TPSA) is 57.8 Å². The summed E-state index contributed by atoms with van der Waals surface area (Å²) in [5.74, 6) is -2.63. The maximum atomic E-state index is 13.8. The van der Waals surface area contributed by atoms with Gasteiger partial charge in [0, 0.05) is 0 Å².